The zero-order valence-electron chi connectivity index (χ0n) is 14.4. The van der Waals surface area contributed by atoms with Gasteiger partial charge in [0.1, 0.15) is 22.3 Å². The van der Waals surface area contributed by atoms with Gasteiger partial charge in [0.05, 0.1) is 10.5 Å². The molecule has 0 unspecified atom stereocenters. The van der Waals surface area contributed by atoms with Crippen LogP contribution in [0.4, 0.5) is 25.4 Å². The highest BCUT2D eigenvalue weighted by molar-refractivity contribution is 7.89. The van der Waals surface area contributed by atoms with E-state index in [0.717, 1.165) is 29.5 Å². The minimum atomic E-state index is -3.85. The van der Waals surface area contributed by atoms with Crippen LogP contribution in [0.3, 0.4) is 0 Å². The van der Waals surface area contributed by atoms with Crippen LogP contribution in [0.25, 0.3) is 0 Å². The molecule has 1 aromatic heterocycles. The Bertz CT molecular complexity index is 1170. The second kappa shape index (κ2) is 7.26. The van der Waals surface area contributed by atoms with Crippen LogP contribution in [-0.2, 0) is 10.0 Å². The summed E-state index contributed by atoms with van der Waals surface area (Å²) in [7, 11) is -3.85. The number of ketones is 1. The van der Waals surface area contributed by atoms with Gasteiger partial charge in [0.25, 0.3) is 0 Å². The molecule has 0 saturated heterocycles. The highest BCUT2D eigenvalue weighted by atomic mass is 32.2. The van der Waals surface area contributed by atoms with Crippen molar-refractivity contribution in [3.63, 3.8) is 0 Å². The molecule has 5 N–H and O–H groups in total. The molecule has 0 radical (unpaired) electrons. The maximum Gasteiger partial charge on any atom is 0.238 e. The summed E-state index contributed by atoms with van der Waals surface area (Å²) in [4.78, 5) is 16.3. The maximum absolute atomic E-state index is 13.9. The fourth-order valence-corrected chi connectivity index (χ4v) is 4.16. The fourth-order valence-electron chi connectivity index (χ4n) is 2.55. The van der Waals surface area contributed by atoms with Crippen molar-refractivity contribution in [3.8, 4) is 0 Å². The largest absolute Gasteiger partial charge is 0.382 e. The monoisotopic (exact) mass is 424 g/mol. The summed E-state index contributed by atoms with van der Waals surface area (Å²) in [6.45, 7) is 1.57. The lowest BCUT2D eigenvalue weighted by Crippen LogP contribution is -2.13. The van der Waals surface area contributed by atoms with E-state index in [4.69, 9.17) is 10.9 Å². The number of nitrogens with zero attached hydrogens (tertiary/aromatic N) is 1. The molecule has 0 spiro atoms. The Morgan fingerprint density at radius 1 is 1.18 bits per heavy atom. The summed E-state index contributed by atoms with van der Waals surface area (Å²) in [6, 6.07) is 7.41. The molecular weight excluding hydrogens is 410 g/mol. The van der Waals surface area contributed by atoms with Crippen LogP contribution in [0, 0.1) is 18.6 Å². The van der Waals surface area contributed by atoms with Gasteiger partial charge in [0, 0.05) is 5.69 Å². The van der Waals surface area contributed by atoms with Crippen LogP contribution in [-0.4, -0.2) is 19.2 Å². The molecular formula is C17H14F2N4O3S2. The normalized spacial score (nSPS) is 11.4. The third kappa shape index (κ3) is 3.86. The number of benzene rings is 2. The lowest BCUT2D eigenvalue weighted by Gasteiger charge is -2.07. The van der Waals surface area contributed by atoms with E-state index in [1.165, 1.54) is 18.2 Å². The quantitative estimate of drug-likeness (QED) is 0.540. The number of aryl methyl sites for hydroxylation is 1. The van der Waals surface area contributed by atoms with Gasteiger partial charge in [0.2, 0.25) is 15.8 Å². The lowest BCUT2D eigenvalue weighted by atomic mass is 10.1. The van der Waals surface area contributed by atoms with Gasteiger partial charge in [-0.25, -0.2) is 27.3 Å². The van der Waals surface area contributed by atoms with E-state index in [1.54, 1.807) is 6.92 Å². The van der Waals surface area contributed by atoms with Crippen molar-refractivity contribution in [2.75, 3.05) is 11.1 Å². The van der Waals surface area contributed by atoms with E-state index < -0.39 is 33.0 Å². The number of aromatic nitrogens is 1. The van der Waals surface area contributed by atoms with Crippen LogP contribution in [0.1, 0.15) is 20.8 Å². The molecule has 1 heterocycles. The van der Waals surface area contributed by atoms with Crippen molar-refractivity contribution in [1.82, 2.24) is 4.98 Å². The highest BCUT2D eigenvalue weighted by Crippen LogP contribution is 2.31. The summed E-state index contributed by atoms with van der Waals surface area (Å²) in [5, 5.41) is 8.19. The van der Waals surface area contributed by atoms with Crippen LogP contribution < -0.4 is 16.2 Å². The van der Waals surface area contributed by atoms with Gasteiger partial charge in [-0.05, 0) is 42.8 Å². The third-order valence-corrected chi connectivity index (χ3v) is 5.84. The molecule has 0 fully saturated rings. The molecule has 3 rings (SSSR count). The predicted molar refractivity (Wildman–Crippen MR) is 102 cm³/mol. The summed E-state index contributed by atoms with van der Waals surface area (Å²) >= 11 is 0.817. The SMILES string of the molecule is Cc1cc(Nc2nc(N)c(C(=O)c3c(F)cccc3F)s2)ccc1S(N)(=O)=O. The Morgan fingerprint density at radius 3 is 2.39 bits per heavy atom. The predicted octanol–water partition coefficient (Wildman–Crippen LogP) is 2.93. The average molecular weight is 424 g/mol. The number of nitrogens with two attached hydrogens (primary N) is 2. The second-order valence-electron chi connectivity index (χ2n) is 5.81. The van der Waals surface area contributed by atoms with Crippen LogP contribution in [0.15, 0.2) is 41.3 Å². The summed E-state index contributed by atoms with van der Waals surface area (Å²) in [5.41, 5.74) is 5.90. The molecule has 11 heteroatoms. The zero-order valence-corrected chi connectivity index (χ0v) is 16.0. The van der Waals surface area contributed by atoms with Crippen molar-refractivity contribution in [2.24, 2.45) is 5.14 Å². The van der Waals surface area contributed by atoms with Gasteiger partial charge in [-0.1, -0.05) is 17.4 Å². The standard InChI is InChI=1S/C17H14F2N4O3S2/c1-8-7-9(5-6-12(8)28(21,25)26)22-17-23-16(20)15(27-17)14(24)13-10(18)3-2-4-11(13)19/h2-7H,20H2,1H3,(H,22,23)(H2,21,25,26). The first kappa shape index (κ1) is 19.9. The molecule has 0 aliphatic carbocycles. The number of halogens is 2. The van der Waals surface area contributed by atoms with Gasteiger partial charge in [0.15, 0.2) is 5.13 Å². The first-order valence-corrected chi connectivity index (χ1v) is 10.1. The molecule has 0 amide bonds. The molecule has 28 heavy (non-hydrogen) atoms. The number of carbonyl (C=O) groups is 1. The minimum Gasteiger partial charge on any atom is -0.382 e. The fraction of sp³-hybridized carbons (Fsp3) is 0.0588. The number of sulfonamides is 1. The van der Waals surface area contributed by atoms with E-state index in [1.807, 2.05) is 0 Å². The summed E-state index contributed by atoms with van der Waals surface area (Å²) in [6.07, 6.45) is 0. The van der Waals surface area contributed by atoms with Gasteiger partial charge < -0.3 is 11.1 Å². The molecule has 0 atom stereocenters. The van der Waals surface area contributed by atoms with Gasteiger partial charge >= 0.3 is 0 Å². The van der Waals surface area contributed by atoms with Gasteiger partial charge in [-0.3, -0.25) is 4.79 Å². The average Bonchev–Trinajstić information content (AvgIpc) is 2.93. The van der Waals surface area contributed by atoms with E-state index >= 15 is 0 Å². The molecule has 0 aliphatic rings. The van der Waals surface area contributed by atoms with Crippen molar-refractivity contribution in [1.29, 1.82) is 0 Å². The molecule has 146 valence electrons. The summed E-state index contributed by atoms with van der Waals surface area (Å²) in [5.74, 6) is -3.10. The van der Waals surface area contributed by atoms with Crippen LogP contribution >= 0.6 is 11.3 Å². The Kier molecular flexibility index (Phi) is 5.15. The highest BCUT2D eigenvalue weighted by Gasteiger charge is 2.24. The van der Waals surface area contributed by atoms with Crippen molar-refractivity contribution in [3.05, 3.63) is 64.0 Å². The molecule has 2 aromatic carbocycles. The van der Waals surface area contributed by atoms with Crippen molar-refractivity contribution >= 4 is 43.8 Å². The van der Waals surface area contributed by atoms with Crippen LogP contribution in [0.5, 0.6) is 0 Å². The van der Waals surface area contributed by atoms with Gasteiger partial charge in [-0.15, -0.1) is 0 Å². The van der Waals surface area contributed by atoms with E-state index in [0.29, 0.717) is 11.3 Å². The van der Waals surface area contributed by atoms with Crippen molar-refractivity contribution in [2.45, 2.75) is 11.8 Å². The Hall–Kier alpha value is -2.89. The number of primary sulfonamides is 1. The zero-order chi connectivity index (χ0) is 20.6. The Labute approximate surface area is 163 Å². The number of thiazole rings is 1. The Balaban J connectivity index is 1.91. The number of rotatable bonds is 5. The van der Waals surface area contributed by atoms with Crippen LogP contribution in [0.2, 0.25) is 0 Å². The topological polar surface area (TPSA) is 128 Å². The third-order valence-electron chi connectivity index (χ3n) is 3.78. The second-order valence-corrected chi connectivity index (χ2v) is 8.34. The Morgan fingerprint density at radius 2 is 1.82 bits per heavy atom. The van der Waals surface area contributed by atoms with Crippen molar-refractivity contribution < 1.29 is 22.0 Å². The number of anilines is 3. The number of nitrogen functional groups attached to an aromatic ring is 1. The number of nitrogens with one attached hydrogen (secondary N) is 1. The molecule has 3 aromatic rings. The minimum absolute atomic E-state index is 0.0254. The molecule has 0 saturated carbocycles. The number of hydrogen-bond donors (Lipinski definition) is 3. The first-order chi connectivity index (χ1) is 13.1. The van der Waals surface area contributed by atoms with E-state index in [-0.39, 0.29) is 20.7 Å². The molecule has 0 aliphatic heterocycles. The number of carbonyl (C=O) groups excluding carboxylic acids is 1. The number of hydrogen-bond acceptors (Lipinski definition) is 7. The van der Waals surface area contributed by atoms with E-state index in [9.17, 15) is 22.0 Å². The van der Waals surface area contributed by atoms with Gasteiger partial charge in [-0.2, -0.15) is 0 Å². The molecule has 0 bridgehead atoms. The summed E-state index contributed by atoms with van der Waals surface area (Å²) < 4.78 is 50.7. The van der Waals surface area contributed by atoms with E-state index in [2.05, 4.69) is 10.3 Å². The molecule has 7 nitrogen and oxygen atoms in total. The maximum atomic E-state index is 13.9. The first-order valence-electron chi connectivity index (χ1n) is 7.73. The lowest BCUT2D eigenvalue weighted by molar-refractivity contribution is 0.103. The smallest absolute Gasteiger partial charge is 0.238 e.